The first-order chi connectivity index (χ1) is 15.1. The number of nitrogens with one attached hydrogen (secondary N) is 2. The Bertz CT molecular complexity index is 1150. The van der Waals surface area contributed by atoms with Gasteiger partial charge in [0.05, 0.1) is 18.0 Å². The minimum absolute atomic E-state index is 0.0433. The summed E-state index contributed by atoms with van der Waals surface area (Å²) in [6, 6.07) is 23.7. The highest BCUT2D eigenvalue weighted by Crippen LogP contribution is 2.29. The number of amides is 2. The lowest BCUT2D eigenvalue weighted by atomic mass is 9.75. The van der Waals surface area contributed by atoms with Crippen LogP contribution in [-0.2, 0) is 16.0 Å². The minimum atomic E-state index is -0.775. The van der Waals surface area contributed by atoms with Crippen LogP contribution in [0.1, 0.15) is 5.56 Å². The zero-order chi connectivity index (χ0) is 21.7. The SMILES string of the molecule is NC(=O)C1C=CC=CC1(Cc1ccccc1)NCC(=O)Nc1ccc2ccccc2c1. The molecule has 1 aliphatic carbocycles. The molecule has 5 heteroatoms. The first-order valence-electron chi connectivity index (χ1n) is 10.3. The fourth-order valence-electron chi connectivity index (χ4n) is 4.08. The Morgan fingerprint density at radius 1 is 0.903 bits per heavy atom. The predicted octanol–water partition coefficient (Wildman–Crippen LogP) is 3.58. The molecule has 2 amide bonds. The summed E-state index contributed by atoms with van der Waals surface area (Å²) in [4.78, 5) is 24.9. The van der Waals surface area contributed by atoms with Gasteiger partial charge in [0.25, 0.3) is 0 Å². The largest absolute Gasteiger partial charge is 0.369 e. The van der Waals surface area contributed by atoms with Crippen molar-refractivity contribution >= 4 is 28.3 Å². The molecule has 0 aromatic heterocycles. The Balaban J connectivity index is 1.51. The van der Waals surface area contributed by atoms with Gasteiger partial charge in [-0.1, -0.05) is 85.0 Å². The summed E-state index contributed by atoms with van der Waals surface area (Å²) in [6.45, 7) is 0.0433. The molecular formula is C26H25N3O2. The molecule has 1 aliphatic rings. The van der Waals surface area contributed by atoms with E-state index in [-0.39, 0.29) is 12.5 Å². The molecule has 2 unspecified atom stereocenters. The predicted molar refractivity (Wildman–Crippen MR) is 124 cm³/mol. The number of hydrogen-bond donors (Lipinski definition) is 3. The van der Waals surface area contributed by atoms with E-state index < -0.39 is 17.4 Å². The van der Waals surface area contributed by atoms with Crippen LogP contribution in [0, 0.1) is 5.92 Å². The van der Waals surface area contributed by atoms with Crippen molar-refractivity contribution in [3.8, 4) is 0 Å². The number of hydrogen-bond acceptors (Lipinski definition) is 3. The quantitative estimate of drug-likeness (QED) is 0.556. The monoisotopic (exact) mass is 411 g/mol. The lowest BCUT2D eigenvalue weighted by molar-refractivity contribution is -0.123. The van der Waals surface area contributed by atoms with Crippen LogP contribution in [0.25, 0.3) is 10.8 Å². The molecular weight excluding hydrogens is 386 g/mol. The van der Waals surface area contributed by atoms with Gasteiger partial charge >= 0.3 is 0 Å². The van der Waals surface area contributed by atoms with Crippen molar-refractivity contribution in [1.82, 2.24) is 5.32 Å². The van der Waals surface area contributed by atoms with Gasteiger partial charge in [0.15, 0.2) is 0 Å². The van der Waals surface area contributed by atoms with Crippen LogP contribution in [0.3, 0.4) is 0 Å². The summed E-state index contributed by atoms with van der Waals surface area (Å²) in [7, 11) is 0. The first-order valence-corrected chi connectivity index (χ1v) is 10.3. The first kappa shape index (κ1) is 20.6. The maximum atomic E-state index is 12.7. The van der Waals surface area contributed by atoms with Gasteiger partial charge < -0.3 is 11.1 Å². The van der Waals surface area contributed by atoms with E-state index in [9.17, 15) is 9.59 Å². The molecule has 0 heterocycles. The summed E-state index contributed by atoms with van der Waals surface area (Å²) in [5.74, 6) is -1.18. The van der Waals surface area contributed by atoms with E-state index in [1.165, 1.54) is 0 Å². The standard InChI is InChI=1S/C26H25N3O2/c27-25(31)23-12-6-7-15-26(23,17-19-8-2-1-3-9-19)28-18-24(30)29-22-14-13-20-10-4-5-11-21(20)16-22/h1-16,23,28H,17-18H2,(H2,27,31)(H,29,30). The van der Waals surface area contributed by atoms with Crippen molar-refractivity contribution in [2.75, 3.05) is 11.9 Å². The van der Waals surface area contributed by atoms with Gasteiger partial charge in [0, 0.05) is 5.69 Å². The van der Waals surface area contributed by atoms with E-state index in [1.807, 2.05) is 91.0 Å². The number of fused-ring (bicyclic) bond motifs is 1. The third-order valence-corrected chi connectivity index (χ3v) is 5.62. The van der Waals surface area contributed by atoms with E-state index in [1.54, 1.807) is 6.08 Å². The fraction of sp³-hybridized carbons (Fsp3) is 0.154. The Kier molecular flexibility index (Phi) is 5.96. The summed E-state index contributed by atoms with van der Waals surface area (Å²) in [6.07, 6.45) is 7.95. The number of carbonyl (C=O) groups is 2. The van der Waals surface area contributed by atoms with Crippen molar-refractivity contribution in [3.05, 3.63) is 103 Å². The zero-order valence-electron chi connectivity index (χ0n) is 17.1. The third kappa shape index (κ3) is 4.73. The van der Waals surface area contributed by atoms with Gasteiger partial charge in [-0.25, -0.2) is 0 Å². The van der Waals surface area contributed by atoms with E-state index in [4.69, 9.17) is 5.73 Å². The van der Waals surface area contributed by atoms with Crippen molar-refractivity contribution in [3.63, 3.8) is 0 Å². The number of nitrogens with two attached hydrogens (primary N) is 1. The van der Waals surface area contributed by atoms with Crippen LogP contribution < -0.4 is 16.4 Å². The zero-order valence-corrected chi connectivity index (χ0v) is 17.1. The fourth-order valence-corrected chi connectivity index (χ4v) is 4.08. The smallest absolute Gasteiger partial charge is 0.238 e. The topological polar surface area (TPSA) is 84.2 Å². The maximum Gasteiger partial charge on any atom is 0.238 e. The number of rotatable bonds is 7. The van der Waals surface area contributed by atoms with Crippen molar-refractivity contribution < 1.29 is 9.59 Å². The Hall–Kier alpha value is -3.70. The van der Waals surface area contributed by atoms with E-state index in [2.05, 4.69) is 10.6 Å². The average molecular weight is 412 g/mol. The molecule has 0 aliphatic heterocycles. The number of primary amides is 1. The second-order valence-electron chi connectivity index (χ2n) is 7.79. The lowest BCUT2D eigenvalue weighted by Gasteiger charge is -2.38. The van der Waals surface area contributed by atoms with E-state index in [0.717, 1.165) is 22.0 Å². The highest BCUT2D eigenvalue weighted by Gasteiger charge is 2.39. The summed E-state index contributed by atoms with van der Waals surface area (Å²) in [5.41, 5.74) is 6.72. The molecule has 0 saturated carbocycles. The normalized spacial score (nSPS) is 19.9. The van der Waals surface area contributed by atoms with Crippen LogP contribution >= 0.6 is 0 Å². The molecule has 2 atom stereocenters. The number of benzene rings is 3. The van der Waals surface area contributed by atoms with Gasteiger partial charge in [0.2, 0.25) is 11.8 Å². The summed E-state index contributed by atoms with van der Waals surface area (Å²) < 4.78 is 0. The molecule has 4 rings (SSSR count). The van der Waals surface area contributed by atoms with Crippen molar-refractivity contribution in [1.29, 1.82) is 0 Å². The molecule has 5 nitrogen and oxygen atoms in total. The Labute approximate surface area is 181 Å². The van der Waals surface area contributed by atoms with E-state index in [0.29, 0.717) is 6.42 Å². The lowest BCUT2D eigenvalue weighted by Crippen LogP contribution is -2.57. The second-order valence-corrected chi connectivity index (χ2v) is 7.79. The van der Waals surface area contributed by atoms with Gasteiger partial charge in [-0.05, 0) is 34.9 Å². The highest BCUT2D eigenvalue weighted by molar-refractivity contribution is 5.95. The minimum Gasteiger partial charge on any atom is -0.369 e. The van der Waals surface area contributed by atoms with Gasteiger partial charge in [0.1, 0.15) is 0 Å². The summed E-state index contributed by atoms with van der Waals surface area (Å²) >= 11 is 0. The molecule has 0 saturated heterocycles. The van der Waals surface area contributed by atoms with Crippen LogP contribution in [0.5, 0.6) is 0 Å². The van der Waals surface area contributed by atoms with Crippen LogP contribution in [0.4, 0.5) is 5.69 Å². The molecule has 3 aromatic rings. The number of carbonyl (C=O) groups excluding carboxylic acids is 2. The number of anilines is 1. The van der Waals surface area contributed by atoms with Crippen molar-refractivity contribution in [2.45, 2.75) is 12.0 Å². The number of allylic oxidation sites excluding steroid dienone is 2. The Morgan fingerprint density at radius 3 is 2.42 bits per heavy atom. The highest BCUT2D eigenvalue weighted by atomic mass is 16.2. The van der Waals surface area contributed by atoms with Gasteiger partial charge in [-0.3, -0.25) is 14.9 Å². The maximum absolute atomic E-state index is 12.7. The van der Waals surface area contributed by atoms with Crippen molar-refractivity contribution in [2.24, 2.45) is 11.7 Å². The second kappa shape index (κ2) is 8.98. The molecule has 0 radical (unpaired) electrons. The third-order valence-electron chi connectivity index (χ3n) is 5.62. The molecule has 3 aromatic carbocycles. The molecule has 156 valence electrons. The molecule has 0 spiro atoms. The molecule has 0 fully saturated rings. The van der Waals surface area contributed by atoms with Gasteiger partial charge in [-0.15, -0.1) is 0 Å². The van der Waals surface area contributed by atoms with Crippen LogP contribution in [0.15, 0.2) is 97.1 Å². The summed E-state index contributed by atoms with van der Waals surface area (Å²) in [5, 5.41) is 8.43. The molecule has 31 heavy (non-hydrogen) atoms. The Morgan fingerprint density at radius 2 is 1.65 bits per heavy atom. The van der Waals surface area contributed by atoms with Crippen LogP contribution in [0.2, 0.25) is 0 Å². The molecule has 4 N–H and O–H groups in total. The average Bonchev–Trinajstić information content (AvgIpc) is 2.78. The molecule has 0 bridgehead atoms. The van der Waals surface area contributed by atoms with Gasteiger partial charge in [-0.2, -0.15) is 0 Å². The van der Waals surface area contributed by atoms with Crippen LogP contribution in [-0.4, -0.2) is 23.9 Å². The van der Waals surface area contributed by atoms with E-state index >= 15 is 0 Å².